The second kappa shape index (κ2) is 6.54. The molecular formula is C18H25N3O2. The molecule has 2 N–H and O–H groups in total. The van der Waals surface area contributed by atoms with Gasteiger partial charge >= 0.3 is 5.97 Å². The number of aryl methyl sites for hydroxylation is 1. The van der Waals surface area contributed by atoms with Gasteiger partial charge in [-0.3, -0.25) is 4.68 Å². The molecule has 0 amide bonds. The average Bonchev–Trinajstić information content (AvgIpc) is 2.87. The van der Waals surface area contributed by atoms with Crippen molar-refractivity contribution in [3.63, 3.8) is 0 Å². The minimum absolute atomic E-state index is 0.0323. The number of carbonyl (C=O) groups is 1. The summed E-state index contributed by atoms with van der Waals surface area (Å²) in [7, 11) is 0. The lowest BCUT2D eigenvalue weighted by atomic mass is 10.1. The Morgan fingerprint density at radius 3 is 2.39 bits per heavy atom. The highest BCUT2D eigenvalue weighted by molar-refractivity contribution is 5.87. The maximum absolute atomic E-state index is 10.9. The molecule has 1 heterocycles. The van der Waals surface area contributed by atoms with Crippen LogP contribution in [0.4, 0.5) is 0 Å². The molecule has 0 aliphatic rings. The first-order valence-electron chi connectivity index (χ1n) is 7.80. The fourth-order valence-electron chi connectivity index (χ4n) is 2.39. The largest absolute Gasteiger partial charge is 0.478 e. The van der Waals surface area contributed by atoms with Crippen LogP contribution in [0.1, 0.15) is 60.9 Å². The van der Waals surface area contributed by atoms with E-state index in [1.165, 1.54) is 5.56 Å². The number of rotatable bonds is 5. The van der Waals surface area contributed by atoms with Gasteiger partial charge in [-0.15, -0.1) is 0 Å². The number of nitrogens with zero attached hydrogens (tertiary/aromatic N) is 2. The summed E-state index contributed by atoms with van der Waals surface area (Å²) in [5.74, 6) is -0.900. The highest BCUT2D eigenvalue weighted by Crippen LogP contribution is 2.21. The molecule has 5 heteroatoms. The van der Waals surface area contributed by atoms with Crippen LogP contribution in [-0.4, -0.2) is 20.9 Å². The minimum Gasteiger partial charge on any atom is -0.478 e. The van der Waals surface area contributed by atoms with Gasteiger partial charge in [-0.25, -0.2) is 4.79 Å². The maximum atomic E-state index is 10.9. The van der Waals surface area contributed by atoms with E-state index in [0.717, 1.165) is 11.3 Å². The standard InChI is InChI=1S/C18H25N3O2/c1-12(16-11-21(18(3,4)5)20-13(16)2)19-10-14-6-8-15(9-7-14)17(22)23/h6-9,11-12,19H,10H2,1-5H3,(H,22,23). The number of aromatic nitrogens is 2. The molecule has 0 spiro atoms. The summed E-state index contributed by atoms with van der Waals surface area (Å²) < 4.78 is 2.00. The van der Waals surface area contributed by atoms with E-state index in [4.69, 9.17) is 5.11 Å². The molecule has 0 saturated carbocycles. The first kappa shape index (κ1) is 17.2. The average molecular weight is 315 g/mol. The summed E-state index contributed by atoms with van der Waals surface area (Å²) in [6, 6.07) is 7.12. The fourth-order valence-corrected chi connectivity index (χ4v) is 2.39. The lowest BCUT2D eigenvalue weighted by Gasteiger charge is -2.19. The summed E-state index contributed by atoms with van der Waals surface area (Å²) in [5, 5.41) is 17.0. The van der Waals surface area contributed by atoms with Gasteiger partial charge in [0.1, 0.15) is 0 Å². The van der Waals surface area contributed by atoms with Crippen molar-refractivity contribution in [2.24, 2.45) is 0 Å². The molecule has 0 aliphatic carbocycles. The molecule has 124 valence electrons. The Labute approximate surface area is 137 Å². The van der Waals surface area contributed by atoms with E-state index in [0.29, 0.717) is 12.1 Å². The maximum Gasteiger partial charge on any atom is 0.335 e. The molecule has 1 unspecified atom stereocenters. The van der Waals surface area contributed by atoms with Gasteiger partial charge in [0, 0.05) is 24.3 Å². The highest BCUT2D eigenvalue weighted by Gasteiger charge is 2.18. The van der Waals surface area contributed by atoms with Crippen molar-refractivity contribution >= 4 is 5.97 Å². The number of hydrogen-bond donors (Lipinski definition) is 2. The number of aromatic carboxylic acids is 1. The third-order valence-corrected chi connectivity index (χ3v) is 3.90. The third-order valence-electron chi connectivity index (χ3n) is 3.90. The Morgan fingerprint density at radius 1 is 1.30 bits per heavy atom. The first-order valence-corrected chi connectivity index (χ1v) is 7.80. The van der Waals surface area contributed by atoms with Crippen LogP contribution in [0.15, 0.2) is 30.5 Å². The molecule has 2 rings (SSSR count). The van der Waals surface area contributed by atoms with Crippen molar-refractivity contribution in [1.82, 2.24) is 15.1 Å². The second-order valence-corrected chi connectivity index (χ2v) is 6.89. The number of benzene rings is 1. The summed E-state index contributed by atoms with van der Waals surface area (Å²) >= 11 is 0. The molecule has 2 aromatic rings. The zero-order chi connectivity index (χ0) is 17.2. The number of carboxylic acid groups (broad SMARTS) is 1. The van der Waals surface area contributed by atoms with Gasteiger partial charge in [0.15, 0.2) is 0 Å². The van der Waals surface area contributed by atoms with Crippen LogP contribution < -0.4 is 5.32 Å². The molecule has 1 atom stereocenters. The molecule has 0 aliphatic heterocycles. The zero-order valence-electron chi connectivity index (χ0n) is 14.4. The molecular weight excluding hydrogens is 290 g/mol. The number of carboxylic acids is 1. The summed E-state index contributed by atoms with van der Waals surface area (Å²) in [5.41, 5.74) is 3.55. The van der Waals surface area contributed by atoms with Gasteiger partial charge in [-0.2, -0.15) is 5.10 Å². The van der Waals surface area contributed by atoms with Gasteiger partial charge < -0.3 is 10.4 Å². The quantitative estimate of drug-likeness (QED) is 0.886. The van der Waals surface area contributed by atoms with Crippen LogP contribution in [0.25, 0.3) is 0 Å². The Morgan fingerprint density at radius 2 is 1.91 bits per heavy atom. The van der Waals surface area contributed by atoms with E-state index in [2.05, 4.69) is 44.3 Å². The van der Waals surface area contributed by atoms with E-state index in [-0.39, 0.29) is 11.6 Å². The Bertz CT molecular complexity index is 681. The first-order chi connectivity index (χ1) is 10.7. The summed E-state index contributed by atoms with van der Waals surface area (Å²) in [6.45, 7) is 11.2. The lowest BCUT2D eigenvalue weighted by Crippen LogP contribution is -2.22. The molecule has 1 aromatic carbocycles. The highest BCUT2D eigenvalue weighted by atomic mass is 16.4. The number of nitrogens with one attached hydrogen (secondary N) is 1. The summed E-state index contributed by atoms with van der Waals surface area (Å²) in [6.07, 6.45) is 2.10. The van der Waals surface area contributed by atoms with Crippen molar-refractivity contribution in [1.29, 1.82) is 0 Å². The lowest BCUT2D eigenvalue weighted by molar-refractivity contribution is 0.0697. The van der Waals surface area contributed by atoms with Crippen molar-refractivity contribution in [2.45, 2.75) is 52.7 Å². The fraction of sp³-hybridized carbons (Fsp3) is 0.444. The molecule has 23 heavy (non-hydrogen) atoms. The van der Waals surface area contributed by atoms with Crippen LogP contribution in [0.3, 0.4) is 0 Å². The minimum atomic E-state index is -0.900. The van der Waals surface area contributed by atoms with Crippen LogP contribution in [0.5, 0.6) is 0 Å². The molecule has 0 fully saturated rings. The molecule has 0 bridgehead atoms. The van der Waals surface area contributed by atoms with Crippen LogP contribution in [0.2, 0.25) is 0 Å². The van der Waals surface area contributed by atoms with Gasteiger partial charge in [0.2, 0.25) is 0 Å². The van der Waals surface area contributed by atoms with E-state index in [1.54, 1.807) is 12.1 Å². The molecule has 0 radical (unpaired) electrons. The molecule has 0 saturated heterocycles. The van der Waals surface area contributed by atoms with Crippen LogP contribution >= 0.6 is 0 Å². The monoisotopic (exact) mass is 315 g/mol. The van der Waals surface area contributed by atoms with E-state index >= 15 is 0 Å². The van der Waals surface area contributed by atoms with Gasteiger partial charge in [-0.1, -0.05) is 12.1 Å². The number of hydrogen-bond acceptors (Lipinski definition) is 3. The van der Waals surface area contributed by atoms with Crippen molar-refractivity contribution in [3.05, 3.63) is 52.8 Å². The second-order valence-electron chi connectivity index (χ2n) is 6.89. The van der Waals surface area contributed by atoms with Crippen molar-refractivity contribution in [3.8, 4) is 0 Å². The SMILES string of the molecule is Cc1nn(C(C)(C)C)cc1C(C)NCc1ccc(C(=O)O)cc1. The van der Waals surface area contributed by atoms with Gasteiger partial charge in [0.25, 0.3) is 0 Å². The predicted molar refractivity (Wildman–Crippen MR) is 90.6 cm³/mol. The molecule has 1 aromatic heterocycles. The Hall–Kier alpha value is -2.14. The third kappa shape index (κ3) is 4.20. The van der Waals surface area contributed by atoms with E-state index in [1.807, 2.05) is 23.7 Å². The molecule has 5 nitrogen and oxygen atoms in total. The topological polar surface area (TPSA) is 67.2 Å². The van der Waals surface area contributed by atoms with Crippen molar-refractivity contribution < 1.29 is 9.90 Å². The van der Waals surface area contributed by atoms with Crippen molar-refractivity contribution in [2.75, 3.05) is 0 Å². The predicted octanol–water partition coefficient (Wildman–Crippen LogP) is 3.50. The van der Waals surface area contributed by atoms with E-state index in [9.17, 15) is 4.79 Å². The van der Waals surface area contributed by atoms with Gasteiger partial charge in [0.05, 0.1) is 16.8 Å². The van der Waals surface area contributed by atoms with E-state index < -0.39 is 5.97 Å². The van der Waals surface area contributed by atoms with Crippen LogP contribution in [-0.2, 0) is 12.1 Å². The van der Waals surface area contributed by atoms with Crippen LogP contribution in [0, 0.1) is 6.92 Å². The zero-order valence-corrected chi connectivity index (χ0v) is 14.4. The normalized spacial score (nSPS) is 13.1. The Balaban J connectivity index is 2.03. The van der Waals surface area contributed by atoms with Gasteiger partial charge in [-0.05, 0) is 52.3 Å². The summed E-state index contributed by atoms with van der Waals surface area (Å²) in [4.78, 5) is 10.9. The Kier molecular flexibility index (Phi) is 4.90. The smallest absolute Gasteiger partial charge is 0.335 e.